The monoisotopic (exact) mass is 568 g/mol. The van der Waals surface area contributed by atoms with Crippen molar-refractivity contribution >= 4 is 86.6 Å². The average molecular weight is 568 g/mol. The van der Waals surface area contributed by atoms with E-state index in [1.165, 1.54) is 9.59 Å². The molecule has 13 heteroatoms. The van der Waals surface area contributed by atoms with E-state index in [1.807, 2.05) is 59.0 Å². The summed E-state index contributed by atoms with van der Waals surface area (Å²) < 4.78 is 0. The number of thiol groups is 3. The largest absolute Gasteiger partial charge is 0.505 e. The van der Waals surface area contributed by atoms with Crippen LogP contribution in [0.15, 0.2) is 63.2 Å². The van der Waals surface area contributed by atoms with Crippen LogP contribution in [0.2, 0.25) is 0 Å². The molecule has 0 spiro atoms. The van der Waals surface area contributed by atoms with E-state index in [2.05, 4.69) is 58.3 Å². The van der Waals surface area contributed by atoms with Crippen molar-refractivity contribution in [3.8, 4) is 22.9 Å². The molecule has 6 aromatic rings. The minimum Gasteiger partial charge on any atom is -0.505 e. The first-order valence-electron chi connectivity index (χ1n) is 12.1. The number of aromatic nitrogens is 6. The lowest BCUT2D eigenvalue weighted by Crippen LogP contribution is -2.12. The lowest BCUT2D eigenvalue weighted by molar-refractivity contribution is 0.456. The SMILES string of the molecule is Bc1cc(Cc2cc(B)cc(-n3nc4cc(S)c(S)cc4n3)c2O)c(O)c(-n2nc3cc(C)c(S)cc3n2)c1. The van der Waals surface area contributed by atoms with Gasteiger partial charge in [0.2, 0.25) is 0 Å². The van der Waals surface area contributed by atoms with Crippen molar-refractivity contribution in [3.05, 3.63) is 65.2 Å². The van der Waals surface area contributed by atoms with Crippen LogP contribution in [0, 0.1) is 6.92 Å². The highest BCUT2D eigenvalue weighted by Crippen LogP contribution is 2.33. The van der Waals surface area contributed by atoms with E-state index < -0.39 is 0 Å². The van der Waals surface area contributed by atoms with E-state index in [0.29, 0.717) is 54.4 Å². The zero-order valence-electron chi connectivity index (χ0n) is 21.2. The molecule has 0 aliphatic rings. The third kappa shape index (κ3) is 4.64. The molecule has 0 amide bonds. The van der Waals surface area contributed by atoms with E-state index in [1.54, 1.807) is 12.1 Å². The molecule has 0 atom stereocenters. The summed E-state index contributed by atoms with van der Waals surface area (Å²) in [5, 5.41) is 40.9. The first-order chi connectivity index (χ1) is 18.6. The number of rotatable bonds is 4. The minimum absolute atomic E-state index is 0.0280. The molecular weight excluding hydrogens is 546 g/mol. The number of hydrogen-bond acceptors (Lipinski definition) is 9. The van der Waals surface area contributed by atoms with Gasteiger partial charge >= 0.3 is 0 Å². The van der Waals surface area contributed by atoms with Crippen molar-refractivity contribution in [1.29, 1.82) is 0 Å². The predicted octanol–water partition coefficient (Wildman–Crippen LogP) is 1.85. The van der Waals surface area contributed by atoms with Gasteiger partial charge in [-0.25, -0.2) is 0 Å². The quantitative estimate of drug-likeness (QED) is 0.165. The Kier molecular flexibility index (Phi) is 6.32. The van der Waals surface area contributed by atoms with Crippen molar-refractivity contribution in [3.63, 3.8) is 0 Å². The normalized spacial score (nSPS) is 11.6. The maximum atomic E-state index is 11.3. The van der Waals surface area contributed by atoms with Crippen LogP contribution in [0.5, 0.6) is 11.5 Å². The predicted molar refractivity (Wildman–Crippen MR) is 167 cm³/mol. The van der Waals surface area contributed by atoms with Gasteiger partial charge in [0.25, 0.3) is 0 Å². The lowest BCUT2D eigenvalue weighted by atomic mass is 9.88. The number of phenols is 2. The standard InChI is InChI=1S/C26H22B2N6O2S3/c1-11-2-16-17(8-22(11)37)30-33(29-16)20-6-14(27)4-12(25(20)35)3-13-5-15(28)7-21(26(13)36)34-31-18-9-23(38)24(39)10-19(18)32-34/h2,4-10,35-39H,3,27-28H2,1H3. The topological polar surface area (TPSA) is 102 Å². The second kappa shape index (κ2) is 9.58. The summed E-state index contributed by atoms with van der Waals surface area (Å²) in [4.78, 5) is 5.06. The fourth-order valence-corrected chi connectivity index (χ4v) is 5.22. The summed E-state index contributed by atoms with van der Waals surface area (Å²) in [5.41, 5.74) is 7.64. The second-order valence-electron chi connectivity index (χ2n) is 9.70. The summed E-state index contributed by atoms with van der Waals surface area (Å²) in [5.74, 6) is 0.0667. The number of aromatic hydroxyl groups is 2. The highest BCUT2D eigenvalue weighted by Gasteiger charge is 2.19. The van der Waals surface area contributed by atoms with E-state index in [9.17, 15) is 10.2 Å². The summed E-state index contributed by atoms with van der Waals surface area (Å²) in [6.07, 6.45) is 0.268. The fraction of sp³-hybridized carbons (Fsp3) is 0.0769. The average Bonchev–Trinajstić information content (AvgIpc) is 3.47. The van der Waals surface area contributed by atoms with Crippen LogP contribution in [0.25, 0.3) is 33.4 Å². The molecule has 39 heavy (non-hydrogen) atoms. The number of aryl methyl sites for hydroxylation is 1. The van der Waals surface area contributed by atoms with Crippen LogP contribution in [0.3, 0.4) is 0 Å². The molecule has 0 aliphatic carbocycles. The molecule has 0 aliphatic heterocycles. The maximum Gasteiger partial charge on any atom is 0.146 e. The fourth-order valence-electron chi connectivity index (χ4n) is 4.66. The van der Waals surface area contributed by atoms with E-state index in [0.717, 1.165) is 21.4 Å². The first-order valence-corrected chi connectivity index (χ1v) is 13.4. The molecule has 0 unspecified atom stereocenters. The van der Waals surface area contributed by atoms with Crippen molar-refractivity contribution in [2.45, 2.75) is 28.0 Å². The molecule has 0 bridgehead atoms. The summed E-state index contributed by atoms with van der Waals surface area (Å²) in [6, 6.07) is 14.8. The molecule has 0 radical (unpaired) electrons. The Morgan fingerprint density at radius 1 is 0.615 bits per heavy atom. The third-order valence-electron chi connectivity index (χ3n) is 6.61. The highest BCUT2D eigenvalue weighted by atomic mass is 32.1. The molecule has 2 N–H and O–H groups in total. The minimum atomic E-state index is 0.0280. The third-order valence-corrected chi connectivity index (χ3v) is 8.01. The molecule has 0 fully saturated rings. The molecular formula is C26H22B2N6O2S3. The molecule has 0 saturated carbocycles. The summed E-state index contributed by atoms with van der Waals surface area (Å²) in [7, 11) is 3.88. The van der Waals surface area contributed by atoms with Crippen LogP contribution >= 0.6 is 37.9 Å². The van der Waals surface area contributed by atoms with Gasteiger partial charge in [0, 0.05) is 32.2 Å². The number of fused-ring (bicyclic) bond motifs is 2. The zero-order valence-corrected chi connectivity index (χ0v) is 23.9. The lowest BCUT2D eigenvalue weighted by Gasteiger charge is -2.14. The van der Waals surface area contributed by atoms with Crippen LogP contribution in [0.4, 0.5) is 0 Å². The van der Waals surface area contributed by atoms with Crippen LogP contribution < -0.4 is 10.9 Å². The molecule has 2 heterocycles. The Hall–Kier alpha value is -3.54. The molecule has 4 aromatic carbocycles. The first kappa shape index (κ1) is 25.7. The number of nitrogens with zero attached hydrogens (tertiary/aromatic N) is 6. The molecule has 2 aromatic heterocycles. The van der Waals surface area contributed by atoms with Gasteiger partial charge in [-0.2, -0.15) is 0 Å². The summed E-state index contributed by atoms with van der Waals surface area (Å²) >= 11 is 13.3. The Bertz CT molecular complexity index is 1740. The van der Waals surface area contributed by atoms with Crippen molar-refractivity contribution < 1.29 is 10.2 Å². The molecule has 0 saturated heterocycles. The summed E-state index contributed by atoms with van der Waals surface area (Å²) in [6.45, 7) is 1.96. The van der Waals surface area contributed by atoms with Gasteiger partial charge < -0.3 is 10.2 Å². The van der Waals surface area contributed by atoms with Crippen molar-refractivity contribution in [2.75, 3.05) is 0 Å². The van der Waals surface area contributed by atoms with Gasteiger partial charge in [-0.15, -0.1) is 67.9 Å². The van der Waals surface area contributed by atoms with E-state index in [4.69, 9.17) is 0 Å². The molecule has 8 nitrogen and oxygen atoms in total. The number of benzene rings is 4. The van der Waals surface area contributed by atoms with Crippen molar-refractivity contribution in [2.24, 2.45) is 0 Å². The molecule has 6 rings (SSSR count). The van der Waals surface area contributed by atoms with Crippen LogP contribution in [-0.2, 0) is 6.42 Å². The Balaban J connectivity index is 1.42. The van der Waals surface area contributed by atoms with Gasteiger partial charge in [-0.1, -0.05) is 23.1 Å². The van der Waals surface area contributed by atoms with Gasteiger partial charge in [0.05, 0.1) is 0 Å². The zero-order chi connectivity index (χ0) is 27.6. The van der Waals surface area contributed by atoms with E-state index >= 15 is 0 Å². The van der Waals surface area contributed by atoms with Crippen LogP contribution in [0.1, 0.15) is 16.7 Å². The number of hydrogen-bond donors (Lipinski definition) is 5. The van der Waals surface area contributed by atoms with Crippen LogP contribution in [-0.4, -0.2) is 55.9 Å². The Morgan fingerprint density at radius 2 is 1.00 bits per heavy atom. The maximum absolute atomic E-state index is 11.3. The highest BCUT2D eigenvalue weighted by molar-refractivity contribution is 7.83. The van der Waals surface area contributed by atoms with Gasteiger partial charge in [0.15, 0.2) is 0 Å². The van der Waals surface area contributed by atoms with Gasteiger partial charge in [-0.05, 0) is 48.9 Å². The van der Waals surface area contributed by atoms with Gasteiger partial charge in [-0.3, -0.25) is 0 Å². The second-order valence-corrected chi connectivity index (χ2v) is 11.1. The number of phenolic OH excluding ortho intramolecular Hbond substituents is 2. The smallest absolute Gasteiger partial charge is 0.146 e. The van der Waals surface area contributed by atoms with Gasteiger partial charge in [0.1, 0.15) is 60.6 Å². The Morgan fingerprint density at radius 3 is 1.44 bits per heavy atom. The Labute approximate surface area is 242 Å². The molecule has 192 valence electrons. The van der Waals surface area contributed by atoms with Crippen molar-refractivity contribution in [1.82, 2.24) is 30.0 Å². The van der Waals surface area contributed by atoms with E-state index in [-0.39, 0.29) is 17.9 Å².